The van der Waals surface area contributed by atoms with E-state index < -0.39 is 5.97 Å². The van der Waals surface area contributed by atoms with E-state index in [0.29, 0.717) is 21.9 Å². The lowest BCUT2D eigenvalue weighted by Crippen LogP contribution is -2.00. The van der Waals surface area contributed by atoms with Crippen LogP contribution in [0.3, 0.4) is 0 Å². The molecule has 78 valence electrons. The molecule has 2 N–H and O–H groups in total. The highest BCUT2D eigenvalue weighted by molar-refractivity contribution is 7.98. The summed E-state index contributed by atoms with van der Waals surface area (Å²) in [6.07, 6.45) is 3.36. The number of carboxylic acids is 1. The molecule has 0 aliphatic heterocycles. The maximum atomic E-state index is 10.5. The van der Waals surface area contributed by atoms with Crippen LogP contribution in [0.2, 0.25) is 0 Å². The zero-order valence-corrected chi connectivity index (χ0v) is 8.71. The van der Waals surface area contributed by atoms with E-state index in [0.717, 1.165) is 0 Å². The van der Waals surface area contributed by atoms with Crippen molar-refractivity contribution in [3.63, 3.8) is 0 Å². The lowest BCUT2D eigenvalue weighted by atomic mass is 10.2. The number of rotatable bonds is 3. The van der Waals surface area contributed by atoms with Gasteiger partial charge < -0.3 is 5.11 Å². The van der Waals surface area contributed by atoms with E-state index in [-0.39, 0.29) is 6.42 Å². The van der Waals surface area contributed by atoms with Crippen molar-refractivity contribution in [2.24, 2.45) is 0 Å². The van der Waals surface area contributed by atoms with Gasteiger partial charge in [-0.15, -0.1) is 0 Å². The number of carbonyl (C=O) groups is 1. The van der Waals surface area contributed by atoms with E-state index in [2.05, 4.69) is 20.2 Å². The third-order valence-corrected chi connectivity index (χ3v) is 2.44. The average Bonchev–Trinajstić information content (AvgIpc) is 2.60. The Hall–Kier alpha value is -1.63. The van der Waals surface area contributed by atoms with Crippen LogP contribution in [0.15, 0.2) is 11.4 Å². The molecule has 0 amide bonds. The summed E-state index contributed by atoms with van der Waals surface area (Å²) in [5.74, 6) is -0.908. The third kappa shape index (κ3) is 1.91. The van der Waals surface area contributed by atoms with Gasteiger partial charge in [0, 0.05) is 6.20 Å². The molecule has 0 fully saturated rings. The van der Waals surface area contributed by atoms with Crippen molar-refractivity contribution >= 4 is 28.8 Å². The quantitative estimate of drug-likeness (QED) is 0.589. The highest BCUT2D eigenvalue weighted by Crippen LogP contribution is 2.16. The molecule has 15 heavy (non-hydrogen) atoms. The van der Waals surface area contributed by atoms with Crippen LogP contribution in [0.1, 0.15) is 5.69 Å². The maximum Gasteiger partial charge on any atom is 0.309 e. The Balaban J connectivity index is 2.47. The SMILES string of the molecule is CSc1ncc2c(CC(=O)O)[nH]nc2n1. The van der Waals surface area contributed by atoms with Crippen molar-refractivity contribution in [1.82, 2.24) is 20.2 Å². The second kappa shape index (κ2) is 3.85. The van der Waals surface area contributed by atoms with Crippen LogP contribution in [-0.2, 0) is 11.2 Å². The molecule has 2 rings (SSSR count). The van der Waals surface area contributed by atoms with E-state index in [1.807, 2.05) is 6.26 Å². The number of thioether (sulfide) groups is 1. The van der Waals surface area contributed by atoms with Crippen molar-refractivity contribution in [2.45, 2.75) is 11.6 Å². The molecule has 0 saturated heterocycles. The molecule has 0 spiro atoms. The topological polar surface area (TPSA) is 91.8 Å². The summed E-state index contributed by atoms with van der Waals surface area (Å²) in [5, 5.41) is 16.5. The summed E-state index contributed by atoms with van der Waals surface area (Å²) in [6, 6.07) is 0. The lowest BCUT2D eigenvalue weighted by molar-refractivity contribution is -0.136. The number of H-pyrrole nitrogens is 1. The highest BCUT2D eigenvalue weighted by Gasteiger charge is 2.10. The Morgan fingerprint density at radius 1 is 1.67 bits per heavy atom. The van der Waals surface area contributed by atoms with Crippen molar-refractivity contribution in [1.29, 1.82) is 0 Å². The van der Waals surface area contributed by atoms with Crippen LogP contribution in [-0.4, -0.2) is 37.5 Å². The van der Waals surface area contributed by atoms with Crippen LogP contribution in [0.5, 0.6) is 0 Å². The first-order valence-corrected chi connectivity index (χ1v) is 5.39. The molecule has 0 aromatic carbocycles. The molecular formula is C8H8N4O2S. The fraction of sp³-hybridized carbons (Fsp3) is 0.250. The van der Waals surface area contributed by atoms with Crippen molar-refractivity contribution < 1.29 is 9.90 Å². The molecule has 2 heterocycles. The second-order valence-electron chi connectivity index (χ2n) is 2.87. The number of hydrogen-bond acceptors (Lipinski definition) is 5. The van der Waals surface area contributed by atoms with Gasteiger partial charge >= 0.3 is 5.97 Å². The molecule has 2 aromatic rings. The number of aliphatic carboxylic acids is 1. The first-order chi connectivity index (χ1) is 7.20. The van der Waals surface area contributed by atoms with Crippen molar-refractivity contribution in [3.05, 3.63) is 11.9 Å². The lowest BCUT2D eigenvalue weighted by Gasteiger charge is -1.94. The number of aromatic nitrogens is 4. The number of nitrogens with zero attached hydrogens (tertiary/aromatic N) is 3. The van der Waals surface area contributed by atoms with E-state index >= 15 is 0 Å². The maximum absolute atomic E-state index is 10.5. The molecule has 2 aromatic heterocycles. The van der Waals surface area contributed by atoms with E-state index in [1.165, 1.54) is 11.8 Å². The van der Waals surface area contributed by atoms with E-state index in [9.17, 15) is 4.79 Å². The summed E-state index contributed by atoms with van der Waals surface area (Å²) in [4.78, 5) is 18.7. The Morgan fingerprint density at radius 2 is 2.47 bits per heavy atom. The summed E-state index contributed by atoms with van der Waals surface area (Å²) in [6.45, 7) is 0. The van der Waals surface area contributed by atoms with Gasteiger partial charge in [-0.1, -0.05) is 11.8 Å². The smallest absolute Gasteiger partial charge is 0.309 e. The van der Waals surface area contributed by atoms with Crippen molar-refractivity contribution in [3.8, 4) is 0 Å². The van der Waals surface area contributed by atoms with Gasteiger partial charge in [-0.05, 0) is 6.26 Å². The average molecular weight is 224 g/mol. The minimum atomic E-state index is -0.908. The van der Waals surface area contributed by atoms with Gasteiger partial charge in [-0.2, -0.15) is 5.10 Å². The number of hydrogen-bond donors (Lipinski definition) is 2. The van der Waals surface area contributed by atoms with Gasteiger partial charge in [0.2, 0.25) is 0 Å². The van der Waals surface area contributed by atoms with Crippen LogP contribution >= 0.6 is 11.8 Å². The van der Waals surface area contributed by atoms with Gasteiger partial charge in [0.25, 0.3) is 0 Å². The predicted octanol–water partition coefficient (Wildman–Crippen LogP) is 0.702. The molecular weight excluding hydrogens is 216 g/mol. The van der Waals surface area contributed by atoms with E-state index in [1.54, 1.807) is 6.20 Å². The van der Waals surface area contributed by atoms with Crippen LogP contribution in [0.25, 0.3) is 11.0 Å². The Bertz CT molecular complexity index is 510. The van der Waals surface area contributed by atoms with Crippen molar-refractivity contribution in [2.75, 3.05) is 6.26 Å². The fourth-order valence-corrected chi connectivity index (χ4v) is 1.56. The van der Waals surface area contributed by atoms with Gasteiger partial charge in [0.15, 0.2) is 10.8 Å². The zero-order chi connectivity index (χ0) is 10.8. The van der Waals surface area contributed by atoms with Gasteiger partial charge in [-0.3, -0.25) is 9.89 Å². The summed E-state index contributed by atoms with van der Waals surface area (Å²) in [7, 11) is 0. The molecule has 0 atom stereocenters. The number of fused-ring (bicyclic) bond motifs is 1. The largest absolute Gasteiger partial charge is 0.481 e. The second-order valence-corrected chi connectivity index (χ2v) is 3.64. The number of carboxylic acid groups (broad SMARTS) is 1. The van der Waals surface area contributed by atoms with E-state index in [4.69, 9.17) is 5.11 Å². The Labute approximate surface area is 89.1 Å². The predicted molar refractivity (Wildman–Crippen MR) is 54.8 cm³/mol. The minimum absolute atomic E-state index is 0.0987. The molecule has 7 heteroatoms. The van der Waals surface area contributed by atoms with Crippen LogP contribution < -0.4 is 0 Å². The molecule has 0 aliphatic rings. The Morgan fingerprint density at radius 3 is 3.13 bits per heavy atom. The first-order valence-electron chi connectivity index (χ1n) is 4.16. The monoisotopic (exact) mass is 224 g/mol. The summed E-state index contributed by atoms with van der Waals surface area (Å²) in [5.41, 5.74) is 1.04. The third-order valence-electron chi connectivity index (χ3n) is 1.88. The summed E-state index contributed by atoms with van der Waals surface area (Å²) >= 11 is 1.41. The Kier molecular flexibility index (Phi) is 2.55. The molecule has 6 nitrogen and oxygen atoms in total. The standard InChI is InChI=1S/C8H8N4O2S/c1-15-8-9-3-4-5(2-6(13)14)11-12-7(4)10-8/h3H,2H2,1H3,(H,13,14)(H,9,10,11,12). The van der Waals surface area contributed by atoms with Gasteiger partial charge in [0.1, 0.15) is 0 Å². The molecule has 0 aliphatic carbocycles. The van der Waals surface area contributed by atoms with Gasteiger partial charge in [-0.25, -0.2) is 9.97 Å². The highest BCUT2D eigenvalue weighted by atomic mass is 32.2. The molecule has 0 saturated carbocycles. The first kappa shape index (κ1) is 9.91. The minimum Gasteiger partial charge on any atom is -0.481 e. The van der Waals surface area contributed by atoms with Gasteiger partial charge in [0.05, 0.1) is 17.5 Å². The normalized spacial score (nSPS) is 10.7. The van der Waals surface area contributed by atoms with Crippen LogP contribution in [0.4, 0.5) is 0 Å². The number of nitrogens with one attached hydrogen (secondary N) is 1. The zero-order valence-electron chi connectivity index (χ0n) is 7.89. The van der Waals surface area contributed by atoms with Crippen LogP contribution in [0, 0.1) is 0 Å². The molecule has 0 radical (unpaired) electrons. The fourth-order valence-electron chi connectivity index (χ4n) is 1.22. The number of aromatic amines is 1. The molecule has 0 bridgehead atoms. The summed E-state index contributed by atoms with van der Waals surface area (Å²) < 4.78 is 0. The molecule has 0 unspecified atom stereocenters.